The van der Waals surface area contributed by atoms with Crippen molar-refractivity contribution in [2.75, 3.05) is 12.4 Å². The third-order valence-corrected chi connectivity index (χ3v) is 15.0. The van der Waals surface area contributed by atoms with Crippen LogP contribution in [0.5, 0.6) is 5.75 Å². The summed E-state index contributed by atoms with van der Waals surface area (Å²) in [6, 6.07) is 54.7. The minimum Gasteiger partial charge on any atom is -0.495 e. The fourth-order valence-corrected chi connectivity index (χ4v) is 10.7. The molecule has 0 atom stereocenters. The Morgan fingerprint density at radius 1 is 0.511 bits per heavy atom. The Morgan fingerprint density at radius 3 is 1.82 bits per heavy atom. The first-order valence-corrected chi connectivity index (χ1v) is 29.7. The number of thiazole rings is 1. The summed E-state index contributed by atoms with van der Waals surface area (Å²) < 4.78 is 17.6. The quantitative estimate of drug-likeness (QED) is 0.127. The van der Waals surface area contributed by atoms with Crippen LogP contribution < -0.4 is 10.1 Å². The fourth-order valence-electron chi connectivity index (χ4n) is 9.95. The van der Waals surface area contributed by atoms with Crippen molar-refractivity contribution < 1.29 is 9.26 Å². The first kappa shape index (κ1) is 57.2. The summed E-state index contributed by atoms with van der Waals surface area (Å²) in [5, 5.41) is 40.3. The number of rotatable bonds is 11. The highest BCUT2D eigenvalue weighted by atomic mass is 32.1. The number of aromatic nitrogens is 16. The Bertz CT molecular complexity index is 5040. The summed E-state index contributed by atoms with van der Waals surface area (Å²) in [7, 11) is 1.61. The van der Waals surface area contributed by atoms with E-state index in [2.05, 4.69) is 155 Å². The second-order valence-electron chi connectivity index (χ2n) is 19.7. The molecule has 0 radical (unpaired) electrons. The van der Waals surface area contributed by atoms with Crippen LogP contribution in [0.2, 0.25) is 0 Å². The normalized spacial score (nSPS) is 11.0. The average molecular weight is 1180 g/mol. The van der Waals surface area contributed by atoms with Crippen molar-refractivity contribution in [1.29, 1.82) is 0 Å². The molecule has 0 saturated carbocycles. The Balaban J connectivity index is 0.000000126. The Hall–Kier alpha value is -11.3. The van der Waals surface area contributed by atoms with Crippen molar-refractivity contribution in [1.82, 2.24) is 79.1 Å². The molecule has 0 aliphatic rings. The number of nitrogens with zero attached hydrogens (tertiary/aromatic N) is 16. The van der Waals surface area contributed by atoms with Gasteiger partial charge in [-0.2, -0.15) is 9.61 Å². The van der Waals surface area contributed by atoms with E-state index in [1.54, 1.807) is 41.6 Å². The van der Waals surface area contributed by atoms with Gasteiger partial charge in [0, 0.05) is 77.9 Å². The van der Waals surface area contributed by atoms with Crippen molar-refractivity contribution >= 4 is 77.0 Å². The Morgan fingerprint density at radius 2 is 1.14 bits per heavy atom. The number of ether oxygens (including phenoxy) is 1. The van der Waals surface area contributed by atoms with Crippen molar-refractivity contribution in [3.63, 3.8) is 0 Å². The number of hydrogen-bond donors (Lipinski definition) is 1. The molecule has 0 bridgehead atoms. The fraction of sp³-hybridized carbons (Fsp3) is 0.132. The average Bonchev–Trinajstić information content (AvgIpc) is 2.80. The molecule has 16 aromatic rings. The predicted molar refractivity (Wildman–Crippen MR) is 346 cm³/mol. The summed E-state index contributed by atoms with van der Waals surface area (Å²) >= 11 is 1.61. The van der Waals surface area contributed by atoms with E-state index in [0.717, 1.165) is 112 Å². The molecule has 1 N–H and O–H groups in total. The number of pyridine rings is 6. The Kier molecular flexibility index (Phi) is 17.1. The van der Waals surface area contributed by atoms with Gasteiger partial charge in [-0.05, 0) is 120 Å². The van der Waals surface area contributed by atoms with Gasteiger partial charge in [-0.1, -0.05) is 93.5 Å². The van der Waals surface area contributed by atoms with E-state index in [1.807, 2.05) is 142 Å². The molecule has 12 heterocycles. The lowest BCUT2D eigenvalue weighted by Gasteiger charge is -2.09. The van der Waals surface area contributed by atoms with Crippen molar-refractivity contribution in [2.24, 2.45) is 0 Å². The number of nitrogens with one attached hydrogen (secondary N) is 1. The van der Waals surface area contributed by atoms with Crippen LogP contribution in [-0.4, -0.2) is 86.2 Å². The number of fused-ring (bicyclic) bond motifs is 7. The topological polar surface area (TPSA) is 215 Å². The van der Waals surface area contributed by atoms with Gasteiger partial charge in [0.2, 0.25) is 0 Å². The largest absolute Gasteiger partial charge is 0.495 e. The molecule has 0 spiro atoms. The van der Waals surface area contributed by atoms with Crippen molar-refractivity contribution in [3.05, 3.63) is 241 Å². The maximum absolute atomic E-state index is 5.37. The highest BCUT2D eigenvalue weighted by molar-refractivity contribution is 7.16. The van der Waals surface area contributed by atoms with Gasteiger partial charge in [-0.15, -0.1) is 41.9 Å². The Labute approximate surface area is 509 Å². The van der Waals surface area contributed by atoms with Gasteiger partial charge in [0.1, 0.15) is 22.9 Å². The zero-order chi connectivity index (χ0) is 60.3. The molecular weight excluding hydrogens is 1120 g/mol. The molecular formula is C68H59N17O2S. The van der Waals surface area contributed by atoms with Crippen LogP contribution in [0.25, 0.3) is 93.7 Å². The molecule has 4 aromatic carbocycles. The van der Waals surface area contributed by atoms with E-state index >= 15 is 0 Å². The third-order valence-electron chi connectivity index (χ3n) is 14.2. The zero-order valence-corrected chi connectivity index (χ0v) is 49.9. The molecule has 0 unspecified atom stereocenters. The van der Waals surface area contributed by atoms with Crippen molar-refractivity contribution in [3.8, 4) is 39.5 Å². The molecule has 0 aliphatic carbocycles. The highest BCUT2D eigenvalue weighted by Crippen LogP contribution is 2.28. The van der Waals surface area contributed by atoms with Crippen LogP contribution in [-0.2, 0) is 19.4 Å². The maximum atomic E-state index is 5.37. The van der Waals surface area contributed by atoms with Gasteiger partial charge >= 0.3 is 0 Å². The summed E-state index contributed by atoms with van der Waals surface area (Å²) in [4.78, 5) is 21.9. The summed E-state index contributed by atoms with van der Waals surface area (Å²) in [6.07, 6.45) is 12.6. The SMILES string of the molecule is CC.CC.COc1cnc2c(NCc3nnc4ccc(-c5ccc6ncsc6c5)nn34)ccnc2c1.Cc1cc(-c2ccc3nnc(Cc4ccc5ncccc5c4)n3c2)on1.c1ccc(-c2ccc3nnc(Cc4ccc5ncccc5c4)n3c2)cc1. The molecule has 20 heteroatoms. The van der Waals surface area contributed by atoms with E-state index in [1.165, 1.54) is 16.7 Å². The molecule has 0 amide bonds. The molecule has 88 heavy (non-hydrogen) atoms. The van der Waals surface area contributed by atoms with Gasteiger partial charge in [0.25, 0.3) is 0 Å². The molecule has 19 nitrogen and oxygen atoms in total. The molecule has 0 saturated heterocycles. The van der Waals surface area contributed by atoms with Crippen LogP contribution in [0.3, 0.4) is 0 Å². The second-order valence-corrected chi connectivity index (χ2v) is 20.6. The molecule has 16 rings (SSSR count). The van der Waals surface area contributed by atoms with E-state index in [4.69, 9.17) is 14.4 Å². The minimum atomic E-state index is 0.429. The van der Waals surface area contributed by atoms with Gasteiger partial charge in [0.05, 0.1) is 69.2 Å². The number of anilines is 1. The molecule has 12 aromatic heterocycles. The number of methoxy groups -OCH3 is 1. The van der Waals surface area contributed by atoms with Crippen LogP contribution >= 0.6 is 11.3 Å². The van der Waals surface area contributed by atoms with Crippen LogP contribution in [0.4, 0.5) is 5.69 Å². The van der Waals surface area contributed by atoms with Crippen molar-refractivity contribution in [2.45, 2.75) is 54.0 Å². The van der Waals surface area contributed by atoms with Gasteiger partial charge in [0.15, 0.2) is 28.5 Å². The predicted octanol–water partition coefficient (Wildman–Crippen LogP) is 14.4. The molecule has 0 fully saturated rings. The summed E-state index contributed by atoms with van der Waals surface area (Å²) in [6.45, 7) is 10.3. The summed E-state index contributed by atoms with van der Waals surface area (Å²) in [5.41, 5.74) is 17.9. The van der Waals surface area contributed by atoms with E-state index in [0.29, 0.717) is 30.2 Å². The van der Waals surface area contributed by atoms with Crippen LogP contribution in [0.1, 0.15) is 62.0 Å². The lowest BCUT2D eigenvalue weighted by Crippen LogP contribution is -2.07. The summed E-state index contributed by atoms with van der Waals surface area (Å²) in [5.74, 6) is 3.90. The highest BCUT2D eigenvalue weighted by Gasteiger charge is 2.15. The van der Waals surface area contributed by atoms with Crippen LogP contribution in [0, 0.1) is 6.92 Å². The molecule has 434 valence electrons. The smallest absolute Gasteiger partial charge is 0.178 e. The monoisotopic (exact) mass is 1180 g/mol. The molecule has 0 aliphatic heterocycles. The standard InChI is InChI=1S/C22H16N8OS.C22H16N4.C20H15N5O.2C2H6/c1-31-14-9-18-22(25-10-14)17(6-7-23-18)24-11-21-28-27-20-5-4-15(29-30(20)21)13-2-3-16-19(8-13)32-12-26-16;1-2-5-17(6-3-1)19-9-11-21-24-25-22(26(21)15-19)14-16-8-10-20-18(13-16)7-4-12-23-20;1-13-9-18(26-24-13)16-5-7-19-22-23-20(25(19)12-16)11-14-4-6-17-15(10-14)3-2-8-21-17;2*1-2/h2-10,12H,11H2,1H3,(H,23,24);1-13,15H,14H2;2-10,12H,11H2,1H3;2*1-2H3. The van der Waals surface area contributed by atoms with E-state index < -0.39 is 0 Å². The third kappa shape index (κ3) is 12.4. The lowest BCUT2D eigenvalue weighted by molar-refractivity contribution is 0.413. The van der Waals surface area contributed by atoms with Gasteiger partial charge < -0.3 is 14.6 Å². The number of aryl methyl sites for hydroxylation is 1. The van der Waals surface area contributed by atoms with Crippen LogP contribution in [0.15, 0.2) is 211 Å². The van der Waals surface area contributed by atoms with Gasteiger partial charge in [-0.25, -0.2) is 9.97 Å². The van der Waals surface area contributed by atoms with Gasteiger partial charge in [-0.3, -0.25) is 23.8 Å². The number of benzene rings is 4. The minimum absolute atomic E-state index is 0.429. The first-order chi connectivity index (χ1) is 43.4. The second kappa shape index (κ2) is 26.3. The maximum Gasteiger partial charge on any atom is 0.178 e. The van der Waals surface area contributed by atoms with E-state index in [-0.39, 0.29) is 0 Å². The number of hydrogen-bond acceptors (Lipinski definition) is 17. The van der Waals surface area contributed by atoms with E-state index in [9.17, 15) is 0 Å². The first-order valence-electron chi connectivity index (χ1n) is 28.8. The lowest BCUT2D eigenvalue weighted by atomic mass is 10.1. The zero-order valence-electron chi connectivity index (χ0n) is 49.1.